The molecule has 0 bridgehead atoms. The number of rotatable bonds is 3. The second-order valence-electron chi connectivity index (χ2n) is 7.18. The highest BCUT2D eigenvalue weighted by atomic mass is 16.7. The molecule has 7 heteroatoms. The van der Waals surface area contributed by atoms with Crippen molar-refractivity contribution >= 4 is 5.91 Å². The second kappa shape index (κ2) is 6.42. The molecule has 1 spiro atoms. The summed E-state index contributed by atoms with van der Waals surface area (Å²) in [6.07, 6.45) is 5.13. The summed E-state index contributed by atoms with van der Waals surface area (Å²) < 4.78 is 22.7. The molecular formula is C20H20N2O5. The number of carbonyl (C=O) groups excluding carboxylic acids is 1. The number of aromatic nitrogens is 1. The molecule has 2 saturated heterocycles. The fourth-order valence-corrected chi connectivity index (χ4v) is 3.92. The largest absolute Gasteiger partial charge is 0.489 e. The van der Waals surface area contributed by atoms with Crippen LogP contribution >= 0.6 is 0 Å². The molecule has 0 unspecified atom stereocenters. The van der Waals surface area contributed by atoms with E-state index in [2.05, 4.69) is 4.98 Å². The van der Waals surface area contributed by atoms with Crippen molar-refractivity contribution in [1.29, 1.82) is 0 Å². The topological polar surface area (TPSA) is 70.1 Å². The number of benzene rings is 1. The van der Waals surface area contributed by atoms with Crippen LogP contribution in [0, 0.1) is 0 Å². The van der Waals surface area contributed by atoms with Gasteiger partial charge in [-0.1, -0.05) is 0 Å². The third-order valence-electron chi connectivity index (χ3n) is 5.25. The summed E-state index contributed by atoms with van der Waals surface area (Å²) in [5.74, 6) is 2.05. The zero-order valence-corrected chi connectivity index (χ0v) is 14.8. The summed E-state index contributed by atoms with van der Waals surface area (Å²) >= 11 is 0. The minimum atomic E-state index is -0.308. The molecule has 3 aliphatic heterocycles. The standard InChI is InChI=1S/C20H20N2O5/c23-19(14-3-4-17-18(8-14)25-13-24-17)22-11-20(12-22)9-15(5-7-26-20)27-16-2-1-6-21-10-16/h1-4,6,8,10,15H,5,7,9,11-13H2/t15-/m0/s1. The molecule has 4 heterocycles. The van der Waals surface area contributed by atoms with Gasteiger partial charge in [-0.2, -0.15) is 0 Å². The zero-order chi connectivity index (χ0) is 18.3. The number of ether oxygens (including phenoxy) is 4. The molecule has 3 aliphatic rings. The van der Waals surface area contributed by atoms with Gasteiger partial charge in [0.1, 0.15) is 17.5 Å². The van der Waals surface area contributed by atoms with E-state index in [-0.39, 0.29) is 24.4 Å². The molecular weight excluding hydrogens is 348 g/mol. The van der Waals surface area contributed by atoms with Crippen molar-refractivity contribution in [3.8, 4) is 17.2 Å². The van der Waals surface area contributed by atoms with Gasteiger partial charge in [-0.3, -0.25) is 9.78 Å². The quantitative estimate of drug-likeness (QED) is 0.828. The van der Waals surface area contributed by atoms with E-state index in [4.69, 9.17) is 18.9 Å². The summed E-state index contributed by atoms with van der Waals surface area (Å²) in [7, 11) is 0. The van der Waals surface area contributed by atoms with Crippen LogP contribution in [0.4, 0.5) is 0 Å². The van der Waals surface area contributed by atoms with Crippen LogP contribution in [0.25, 0.3) is 0 Å². The van der Waals surface area contributed by atoms with Crippen molar-refractivity contribution in [3.05, 3.63) is 48.3 Å². The van der Waals surface area contributed by atoms with E-state index in [0.29, 0.717) is 36.8 Å². The Morgan fingerprint density at radius 3 is 2.96 bits per heavy atom. The van der Waals surface area contributed by atoms with Gasteiger partial charge in [-0.25, -0.2) is 0 Å². The molecule has 140 valence electrons. The maximum absolute atomic E-state index is 12.8. The van der Waals surface area contributed by atoms with Gasteiger partial charge in [0.15, 0.2) is 11.5 Å². The minimum Gasteiger partial charge on any atom is -0.489 e. The van der Waals surface area contributed by atoms with E-state index in [1.54, 1.807) is 30.6 Å². The average molecular weight is 368 g/mol. The molecule has 0 aliphatic carbocycles. The van der Waals surface area contributed by atoms with Crippen molar-refractivity contribution in [3.63, 3.8) is 0 Å². The van der Waals surface area contributed by atoms with Gasteiger partial charge in [-0.15, -0.1) is 0 Å². The lowest BCUT2D eigenvalue weighted by atomic mass is 9.84. The van der Waals surface area contributed by atoms with Gasteiger partial charge >= 0.3 is 0 Å². The van der Waals surface area contributed by atoms with Gasteiger partial charge in [0, 0.05) is 24.6 Å². The number of amides is 1. The smallest absolute Gasteiger partial charge is 0.254 e. The first-order valence-electron chi connectivity index (χ1n) is 9.10. The lowest BCUT2D eigenvalue weighted by Gasteiger charge is -2.52. The van der Waals surface area contributed by atoms with Crippen LogP contribution in [0.1, 0.15) is 23.2 Å². The maximum Gasteiger partial charge on any atom is 0.254 e. The van der Waals surface area contributed by atoms with Crippen molar-refractivity contribution in [2.75, 3.05) is 26.5 Å². The Hall–Kier alpha value is -2.80. The molecule has 0 saturated carbocycles. The maximum atomic E-state index is 12.8. The second-order valence-corrected chi connectivity index (χ2v) is 7.18. The molecule has 1 aromatic heterocycles. The van der Waals surface area contributed by atoms with Gasteiger partial charge < -0.3 is 23.8 Å². The van der Waals surface area contributed by atoms with Crippen LogP contribution in [0.5, 0.6) is 17.2 Å². The van der Waals surface area contributed by atoms with Gasteiger partial charge in [0.2, 0.25) is 6.79 Å². The summed E-state index contributed by atoms with van der Waals surface area (Å²) in [6.45, 7) is 1.99. The van der Waals surface area contributed by atoms with E-state index in [1.807, 2.05) is 17.0 Å². The van der Waals surface area contributed by atoms with Crippen LogP contribution in [-0.2, 0) is 4.74 Å². The third kappa shape index (κ3) is 3.08. The minimum absolute atomic E-state index is 0.0159. The first-order chi connectivity index (χ1) is 13.2. The van der Waals surface area contributed by atoms with E-state index < -0.39 is 0 Å². The average Bonchev–Trinajstić information content (AvgIpc) is 3.14. The highest BCUT2D eigenvalue weighted by molar-refractivity contribution is 5.95. The SMILES string of the molecule is O=C(c1ccc2c(c1)OCO2)N1CC2(C[C@@H](Oc3cccnc3)CCO2)C1. The van der Waals surface area contributed by atoms with E-state index in [1.165, 1.54) is 0 Å². The number of hydrogen-bond acceptors (Lipinski definition) is 6. The van der Waals surface area contributed by atoms with E-state index in [0.717, 1.165) is 18.6 Å². The molecule has 2 aromatic rings. The predicted octanol–water partition coefficient (Wildman–Crippen LogP) is 2.26. The Labute approximate surface area is 156 Å². The Morgan fingerprint density at radius 2 is 2.11 bits per heavy atom. The summed E-state index contributed by atoms with van der Waals surface area (Å²) in [5.41, 5.74) is 0.296. The Kier molecular flexibility index (Phi) is 3.89. The predicted molar refractivity (Wildman–Crippen MR) is 95.0 cm³/mol. The number of fused-ring (bicyclic) bond motifs is 1. The monoisotopic (exact) mass is 368 g/mol. The van der Waals surface area contributed by atoms with Crippen molar-refractivity contribution in [2.45, 2.75) is 24.5 Å². The Balaban J connectivity index is 1.22. The zero-order valence-electron chi connectivity index (χ0n) is 14.8. The number of hydrogen-bond donors (Lipinski definition) is 0. The van der Waals surface area contributed by atoms with E-state index in [9.17, 15) is 4.79 Å². The molecule has 7 nitrogen and oxygen atoms in total. The highest BCUT2D eigenvalue weighted by Crippen LogP contribution is 2.38. The summed E-state index contributed by atoms with van der Waals surface area (Å²) in [5, 5.41) is 0. The number of pyridine rings is 1. The lowest BCUT2D eigenvalue weighted by Crippen LogP contribution is -2.67. The molecule has 1 aromatic carbocycles. The molecule has 1 atom stereocenters. The Bertz CT molecular complexity index is 851. The molecule has 2 fully saturated rings. The summed E-state index contributed by atoms with van der Waals surface area (Å²) in [6, 6.07) is 9.06. The van der Waals surface area contributed by atoms with Crippen LogP contribution in [0.3, 0.4) is 0 Å². The molecule has 5 rings (SSSR count). The van der Waals surface area contributed by atoms with Gasteiger partial charge in [0.05, 0.1) is 25.9 Å². The van der Waals surface area contributed by atoms with Crippen LogP contribution in [-0.4, -0.2) is 54.0 Å². The van der Waals surface area contributed by atoms with Crippen molar-refractivity contribution in [2.24, 2.45) is 0 Å². The van der Waals surface area contributed by atoms with Crippen LogP contribution in [0.15, 0.2) is 42.7 Å². The first-order valence-corrected chi connectivity index (χ1v) is 9.10. The molecule has 1 amide bonds. The number of nitrogens with zero attached hydrogens (tertiary/aromatic N) is 2. The molecule has 0 N–H and O–H groups in total. The third-order valence-corrected chi connectivity index (χ3v) is 5.25. The first kappa shape index (κ1) is 16.4. The normalized spacial score (nSPS) is 22.4. The number of carbonyl (C=O) groups is 1. The van der Waals surface area contributed by atoms with Gasteiger partial charge in [0.25, 0.3) is 5.91 Å². The molecule has 0 radical (unpaired) electrons. The van der Waals surface area contributed by atoms with Crippen LogP contribution in [0.2, 0.25) is 0 Å². The fourth-order valence-electron chi connectivity index (χ4n) is 3.92. The van der Waals surface area contributed by atoms with Gasteiger partial charge in [-0.05, 0) is 30.3 Å². The number of likely N-dealkylation sites (tertiary alicyclic amines) is 1. The summed E-state index contributed by atoms with van der Waals surface area (Å²) in [4.78, 5) is 18.7. The van der Waals surface area contributed by atoms with Crippen molar-refractivity contribution < 1.29 is 23.7 Å². The van der Waals surface area contributed by atoms with E-state index >= 15 is 0 Å². The lowest BCUT2D eigenvalue weighted by molar-refractivity contribution is -0.173. The molecule has 27 heavy (non-hydrogen) atoms. The Morgan fingerprint density at radius 1 is 1.22 bits per heavy atom. The van der Waals surface area contributed by atoms with Crippen LogP contribution < -0.4 is 14.2 Å². The van der Waals surface area contributed by atoms with Crippen molar-refractivity contribution in [1.82, 2.24) is 9.88 Å². The highest BCUT2D eigenvalue weighted by Gasteiger charge is 2.50. The fraction of sp³-hybridized carbons (Fsp3) is 0.400.